The van der Waals surface area contributed by atoms with Gasteiger partial charge in [0.1, 0.15) is 0 Å². The molecule has 1 N–H and O–H groups in total. The van der Waals surface area contributed by atoms with Crippen molar-refractivity contribution in [3.63, 3.8) is 0 Å². The van der Waals surface area contributed by atoms with E-state index in [1.165, 1.54) is 0 Å². The summed E-state index contributed by atoms with van der Waals surface area (Å²) in [7, 11) is 0. The van der Waals surface area contributed by atoms with Crippen molar-refractivity contribution in [1.29, 1.82) is 0 Å². The van der Waals surface area contributed by atoms with Gasteiger partial charge in [0.15, 0.2) is 5.75 Å². The molecule has 1 saturated heterocycles. The number of piperazine rings is 1. The largest absolute Gasteiger partial charge is 0.490 e. The number of nitrogens with one attached hydrogen (secondary N) is 1. The van der Waals surface area contributed by atoms with E-state index in [-0.39, 0.29) is 12.5 Å². The minimum atomic E-state index is 0.0766. The van der Waals surface area contributed by atoms with Crippen LogP contribution >= 0.6 is 34.8 Å². The van der Waals surface area contributed by atoms with Crippen molar-refractivity contribution in [1.82, 2.24) is 10.2 Å². The van der Waals surface area contributed by atoms with Crippen LogP contribution in [0.15, 0.2) is 12.1 Å². The average Bonchev–Trinajstić information content (AvgIpc) is 2.42. The summed E-state index contributed by atoms with van der Waals surface area (Å²) in [4.78, 5) is 13.8. The number of carbonyl (C=O) groups is 1. The molecule has 20 heavy (non-hydrogen) atoms. The summed E-state index contributed by atoms with van der Waals surface area (Å²) in [6.07, 6.45) is 0.301. The first kappa shape index (κ1) is 15.7. The van der Waals surface area contributed by atoms with E-state index < -0.39 is 0 Å². The molecule has 0 aromatic heterocycles. The zero-order valence-corrected chi connectivity index (χ0v) is 13.1. The standard InChI is InChI=1S/C13H15Cl3N2O2/c14-9-7-10(15)13(11(16)8-9)20-6-1-12(19)18-4-2-17-3-5-18/h7-8,17H,1-6H2. The summed E-state index contributed by atoms with van der Waals surface area (Å²) in [5.74, 6) is 0.443. The lowest BCUT2D eigenvalue weighted by Gasteiger charge is -2.27. The van der Waals surface area contributed by atoms with Gasteiger partial charge in [-0.2, -0.15) is 0 Å². The van der Waals surface area contributed by atoms with E-state index in [1.807, 2.05) is 4.90 Å². The van der Waals surface area contributed by atoms with Gasteiger partial charge in [-0.15, -0.1) is 0 Å². The van der Waals surface area contributed by atoms with Crippen LogP contribution in [0.1, 0.15) is 6.42 Å². The highest BCUT2D eigenvalue weighted by molar-refractivity contribution is 6.40. The van der Waals surface area contributed by atoms with E-state index in [9.17, 15) is 4.79 Å². The van der Waals surface area contributed by atoms with Gasteiger partial charge in [-0.1, -0.05) is 34.8 Å². The molecule has 0 radical (unpaired) electrons. The fraction of sp³-hybridized carbons (Fsp3) is 0.462. The summed E-state index contributed by atoms with van der Waals surface area (Å²) < 4.78 is 5.50. The Balaban J connectivity index is 1.85. The molecule has 1 aliphatic heterocycles. The normalized spacial score (nSPS) is 15.2. The van der Waals surface area contributed by atoms with Gasteiger partial charge in [0, 0.05) is 31.2 Å². The molecule has 1 heterocycles. The van der Waals surface area contributed by atoms with Crippen LogP contribution in [-0.2, 0) is 4.79 Å². The number of amides is 1. The Morgan fingerprint density at radius 1 is 1.20 bits per heavy atom. The fourth-order valence-electron chi connectivity index (χ4n) is 1.98. The van der Waals surface area contributed by atoms with Crippen LogP contribution in [0, 0.1) is 0 Å². The van der Waals surface area contributed by atoms with E-state index in [0.29, 0.717) is 27.2 Å². The van der Waals surface area contributed by atoms with Gasteiger partial charge in [-0.25, -0.2) is 0 Å². The van der Waals surface area contributed by atoms with Gasteiger partial charge < -0.3 is 15.0 Å². The van der Waals surface area contributed by atoms with Gasteiger partial charge in [-0.05, 0) is 12.1 Å². The number of hydrogen-bond acceptors (Lipinski definition) is 3. The predicted molar refractivity (Wildman–Crippen MR) is 81.0 cm³/mol. The van der Waals surface area contributed by atoms with Crippen molar-refractivity contribution in [3.05, 3.63) is 27.2 Å². The summed E-state index contributed by atoms with van der Waals surface area (Å²) >= 11 is 17.8. The predicted octanol–water partition coefficient (Wildman–Crippen LogP) is 2.85. The zero-order chi connectivity index (χ0) is 14.5. The molecule has 2 rings (SSSR count). The van der Waals surface area contributed by atoms with Gasteiger partial charge in [0.05, 0.1) is 23.1 Å². The highest BCUT2D eigenvalue weighted by atomic mass is 35.5. The monoisotopic (exact) mass is 336 g/mol. The summed E-state index contributed by atoms with van der Waals surface area (Å²) in [5, 5.41) is 4.34. The Morgan fingerprint density at radius 3 is 2.40 bits per heavy atom. The second kappa shape index (κ2) is 7.36. The van der Waals surface area contributed by atoms with Gasteiger partial charge in [0.2, 0.25) is 5.91 Å². The number of carbonyl (C=O) groups excluding carboxylic acids is 1. The molecule has 1 aliphatic rings. The second-order valence-electron chi connectivity index (χ2n) is 4.43. The third kappa shape index (κ3) is 4.16. The maximum atomic E-state index is 11.9. The minimum absolute atomic E-state index is 0.0766. The molecule has 1 aromatic carbocycles. The van der Waals surface area contributed by atoms with E-state index in [4.69, 9.17) is 39.5 Å². The van der Waals surface area contributed by atoms with Gasteiger partial charge in [0.25, 0.3) is 0 Å². The molecule has 1 aromatic rings. The lowest BCUT2D eigenvalue weighted by Crippen LogP contribution is -2.46. The first-order valence-electron chi connectivity index (χ1n) is 6.34. The molecule has 7 heteroatoms. The fourth-order valence-corrected chi connectivity index (χ4v) is 2.91. The Labute approximate surface area is 132 Å². The van der Waals surface area contributed by atoms with Gasteiger partial charge in [-0.3, -0.25) is 4.79 Å². The van der Waals surface area contributed by atoms with Crippen molar-refractivity contribution in [2.24, 2.45) is 0 Å². The third-order valence-electron chi connectivity index (χ3n) is 3.00. The quantitative estimate of drug-likeness (QED) is 0.918. The molecule has 1 fully saturated rings. The van der Waals surface area contributed by atoms with E-state index >= 15 is 0 Å². The smallest absolute Gasteiger partial charge is 0.226 e. The van der Waals surface area contributed by atoms with Crippen molar-refractivity contribution >= 4 is 40.7 Å². The number of halogens is 3. The first-order valence-corrected chi connectivity index (χ1v) is 7.47. The Hall–Kier alpha value is -0.680. The van der Waals surface area contributed by atoms with Gasteiger partial charge >= 0.3 is 0 Å². The molecule has 4 nitrogen and oxygen atoms in total. The molecule has 0 atom stereocenters. The van der Waals surface area contributed by atoms with Crippen molar-refractivity contribution in [2.75, 3.05) is 32.8 Å². The number of benzene rings is 1. The van der Waals surface area contributed by atoms with E-state index in [2.05, 4.69) is 5.32 Å². The highest BCUT2D eigenvalue weighted by Gasteiger charge is 2.16. The summed E-state index contributed by atoms with van der Waals surface area (Å²) in [6, 6.07) is 3.12. The van der Waals surface area contributed by atoms with Crippen LogP contribution in [0.25, 0.3) is 0 Å². The Kier molecular flexibility index (Phi) is 5.78. The average molecular weight is 338 g/mol. The molecule has 0 spiro atoms. The van der Waals surface area contributed by atoms with Crippen molar-refractivity contribution < 1.29 is 9.53 Å². The summed E-state index contributed by atoms with van der Waals surface area (Å²) in [6.45, 7) is 3.38. The van der Waals surface area contributed by atoms with Crippen LogP contribution in [0.4, 0.5) is 0 Å². The molecule has 1 amide bonds. The van der Waals surface area contributed by atoms with Crippen LogP contribution in [-0.4, -0.2) is 43.6 Å². The first-order chi connectivity index (χ1) is 9.58. The minimum Gasteiger partial charge on any atom is -0.490 e. The number of rotatable bonds is 4. The van der Waals surface area contributed by atoms with E-state index in [1.54, 1.807) is 12.1 Å². The highest BCUT2D eigenvalue weighted by Crippen LogP contribution is 2.35. The molecule has 0 unspecified atom stereocenters. The molecule has 0 aliphatic carbocycles. The molecule has 0 saturated carbocycles. The molecular formula is C13H15Cl3N2O2. The SMILES string of the molecule is O=C(CCOc1c(Cl)cc(Cl)cc1Cl)N1CCNCC1. The third-order valence-corrected chi connectivity index (χ3v) is 3.77. The topological polar surface area (TPSA) is 41.6 Å². The molecule has 110 valence electrons. The lowest BCUT2D eigenvalue weighted by atomic mass is 10.3. The lowest BCUT2D eigenvalue weighted by molar-refractivity contribution is -0.132. The molecule has 0 bridgehead atoms. The number of nitrogens with zero attached hydrogens (tertiary/aromatic N) is 1. The zero-order valence-electron chi connectivity index (χ0n) is 10.8. The van der Waals surface area contributed by atoms with Crippen molar-refractivity contribution in [3.8, 4) is 5.75 Å². The second-order valence-corrected chi connectivity index (χ2v) is 5.68. The van der Waals surface area contributed by atoms with E-state index in [0.717, 1.165) is 26.2 Å². The molecular weight excluding hydrogens is 323 g/mol. The summed E-state index contributed by atoms with van der Waals surface area (Å²) in [5.41, 5.74) is 0. The van der Waals surface area contributed by atoms with Crippen LogP contribution in [0.2, 0.25) is 15.1 Å². The maximum Gasteiger partial charge on any atom is 0.226 e. The maximum absolute atomic E-state index is 11.9. The van der Waals surface area contributed by atoms with Crippen LogP contribution in [0.5, 0.6) is 5.75 Å². The van der Waals surface area contributed by atoms with Crippen molar-refractivity contribution in [2.45, 2.75) is 6.42 Å². The Morgan fingerprint density at radius 2 is 1.80 bits per heavy atom. The van der Waals surface area contributed by atoms with Crippen LogP contribution < -0.4 is 10.1 Å². The van der Waals surface area contributed by atoms with Crippen LogP contribution in [0.3, 0.4) is 0 Å². The number of ether oxygens (including phenoxy) is 1. The number of hydrogen-bond donors (Lipinski definition) is 1. The Bertz CT molecular complexity index is 467.